The van der Waals surface area contributed by atoms with Crippen molar-refractivity contribution in [3.63, 3.8) is 0 Å². The summed E-state index contributed by atoms with van der Waals surface area (Å²) in [6.07, 6.45) is 5.47. The third-order valence-electron chi connectivity index (χ3n) is 1.97. The van der Waals surface area contributed by atoms with E-state index in [2.05, 4.69) is 60.6 Å². The summed E-state index contributed by atoms with van der Waals surface area (Å²) < 4.78 is 0. The van der Waals surface area contributed by atoms with Crippen LogP contribution in [0, 0.1) is 5.92 Å². The molecule has 0 aliphatic rings. The van der Waals surface area contributed by atoms with Gasteiger partial charge in [-0.15, -0.1) is 0 Å². The van der Waals surface area contributed by atoms with Gasteiger partial charge >= 0.3 is 0 Å². The lowest BCUT2D eigenvalue weighted by Crippen LogP contribution is -1.77. The Hall–Kier alpha value is -0.520. The normalized spacial score (nSPS) is 7.87. The van der Waals surface area contributed by atoms with Crippen molar-refractivity contribution in [2.24, 2.45) is 5.92 Å². The highest BCUT2D eigenvalue weighted by Crippen LogP contribution is 1.93. The molecule has 92 valence electrons. The minimum absolute atomic E-state index is 0.884. The molecule has 0 aromatic rings. The first-order chi connectivity index (χ1) is 6.81. The van der Waals surface area contributed by atoms with Crippen molar-refractivity contribution in [1.82, 2.24) is 0 Å². The second kappa shape index (κ2) is 15.9. The fourth-order valence-corrected chi connectivity index (χ4v) is 0. The van der Waals surface area contributed by atoms with Gasteiger partial charge < -0.3 is 0 Å². The van der Waals surface area contributed by atoms with E-state index in [1.54, 1.807) is 0 Å². The van der Waals surface area contributed by atoms with E-state index in [4.69, 9.17) is 0 Å². The molecule has 0 unspecified atom stereocenters. The van der Waals surface area contributed by atoms with Crippen molar-refractivity contribution >= 4 is 0 Å². The van der Waals surface area contributed by atoms with Crippen molar-refractivity contribution in [2.75, 3.05) is 0 Å². The minimum atomic E-state index is 0.884. The summed E-state index contributed by atoms with van der Waals surface area (Å²) in [6.45, 7) is 19.1. The minimum Gasteiger partial charge on any atom is -0.0890 e. The first kappa shape index (κ1) is 20.0. The molecule has 0 saturated heterocycles. The molecule has 0 atom stereocenters. The zero-order valence-electron chi connectivity index (χ0n) is 12.4. The molecule has 0 aliphatic heterocycles. The zero-order valence-corrected chi connectivity index (χ0v) is 12.4. The number of hydrogen-bond acceptors (Lipinski definition) is 0. The molecule has 0 aliphatic carbocycles. The summed E-state index contributed by atoms with van der Waals surface area (Å²) in [5.74, 6) is 0.884. The first-order valence-electron chi connectivity index (χ1n) is 6.00. The van der Waals surface area contributed by atoms with E-state index in [1.807, 2.05) is 13.8 Å². The summed E-state index contributed by atoms with van der Waals surface area (Å²) >= 11 is 0. The van der Waals surface area contributed by atoms with Crippen molar-refractivity contribution in [2.45, 2.75) is 68.7 Å². The molecule has 0 aromatic heterocycles. The number of hydrogen-bond donors (Lipinski definition) is 0. The molecule has 0 amide bonds. The Morgan fingerprint density at radius 3 is 1.00 bits per heavy atom. The topological polar surface area (TPSA) is 0 Å². The quantitative estimate of drug-likeness (QED) is 0.468. The third kappa shape index (κ3) is 59.2. The largest absolute Gasteiger partial charge is 0.0890 e. The first-order valence-corrected chi connectivity index (χ1v) is 6.00. The van der Waals surface area contributed by atoms with Gasteiger partial charge in [-0.2, -0.15) is 0 Å². The summed E-state index contributed by atoms with van der Waals surface area (Å²) in [5.41, 5.74) is 2.76. The van der Waals surface area contributed by atoms with Gasteiger partial charge in [-0.05, 0) is 47.5 Å². The highest BCUT2D eigenvalue weighted by atomic mass is 13.9. The predicted molar refractivity (Wildman–Crippen MR) is 75.3 cm³/mol. The van der Waals surface area contributed by atoms with Gasteiger partial charge in [0.05, 0.1) is 0 Å². The number of allylic oxidation sites excluding steroid dienone is 4. The van der Waals surface area contributed by atoms with Gasteiger partial charge in [0.2, 0.25) is 0 Å². The van der Waals surface area contributed by atoms with Gasteiger partial charge in [0.25, 0.3) is 0 Å². The molecule has 0 spiro atoms. The second-order valence-electron chi connectivity index (χ2n) is 4.53. The SMILES string of the molecule is CC=C(C)C.CC=C(C)C.CCC(C)C. The van der Waals surface area contributed by atoms with Crippen LogP contribution in [0.4, 0.5) is 0 Å². The maximum Gasteiger partial charge on any atom is -0.0442 e. The molecule has 0 fully saturated rings. The van der Waals surface area contributed by atoms with Crippen LogP contribution in [0.1, 0.15) is 68.7 Å². The van der Waals surface area contributed by atoms with Crippen LogP contribution in [-0.2, 0) is 0 Å². The number of rotatable bonds is 1. The Morgan fingerprint density at radius 2 is 1.00 bits per heavy atom. The van der Waals surface area contributed by atoms with Crippen LogP contribution in [0.15, 0.2) is 23.3 Å². The van der Waals surface area contributed by atoms with E-state index < -0.39 is 0 Å². The van der Waals surface area contributed by atoms with E-state index in [9.17, 15) is 0 Å². The summed E-state index contributed by atoms with van der Waals surface area (Å²) in [7, 11) is 0. The lowest BCUT2D eigenvalue weighted by molar-refractivity contribution is 0.626. The Morgan fingerprint density at radius 1 is 0.867 bits per heavy atom. The van der Waals surface area contributed by atoms with Gasteiger partial charge in [-0.3, -0.25) is 0 Å². The van der Waals surface area contributed by atoms with E-state index in [1.165, 1.54) is 17.6 Å². The van der Waals surface area contributed by atoms with Crippen molar-refractivity contribution < 1.29 is 0 Å². The second-order valence-corrected chi connectivity index (χ2v) is 4.53. The molecule has 0 radical (unpaired) electrons. The average Bonchev–Trinajstić information content (AvgIpc) is 2.19. The summed E-state index contributed by atoms with van der Waals surface area (Å²) in [4.78, 5) is 0. The highest BCUT2D eigenvalue weighted by molar-refractivity contribution is 4.89. The predicted octanol–water partition coefficient (Wildman–Crippen LogP) is 6.00. The van der Waals surface area contributed by atoms with Crippen LogP contribution in [0.3, 0.4) is 0 Å². The molecule has 0 heterocycles. The van der Waals surface area contributed by atoms with Crippen LogP contribution in [0.25, 0.3) is 0 Å². The highest BCUT2D eigenvalue weighted by Gasteiger charge is 1.80. The van der Waals surface area contributed by atoms with Crippen LogP contribution in [0.5, 0.6) is 0 Å². The fraction of sp³-hybridized carbons (Fsp3) is 0.733. The monoisotopic (exact) mass is 212 g/mol. The zero-order chi connectivity index (χ0) is 12.9. The third-order valence-corrected chi connectivity index (χ3v) is 1.97. The molecule has 0 saturated carbocycles. The lowest BCUT2D eigenvalue weighted by atomic mass is 10.2. The molecule has 15 heavy (non-hydrogen) atoms. The van der Waals surface area contributed by atoms with Gasteiger partial charge in [0, 0.05) is 0 Å². The Balaban J connectivity index is -0.000000144. The Kier molecular flexibility index (Phi) is 21.2. The Bertz CT molecular complexity index is 135. The molecule has 0 bridgehead atoms. The van der Waals surface area contributed by atoms with Crippen molar-refractivity contribution in [3.05, 3.63) is 23.3 Å². The molecule has 0 aromatic carbocycles. The Labute approximate surface area is 98.5 Å². The van der Waals surface area contributed by atoms with Crippen LogP contribution in [-0.4, -0.2) is 0 Å². The fourth-order valence-electron chi connectivity index (χ4n) is 0. The van der Waals surface area contributed by atoms with Crippen LogP contribution < -0.4 is 0 Å². The maximum absolute atomic E-state index is 2.22. The average molecular weight is 212 g/mol. The van der Waals surface area contributed by atoms with E-state index in [0.29, 0.717) is 0 Å². The van der Waals surface area contributed by atoms with Gasteiger partial charge in [-0.1, -0.05) is 50.5 Å². The molecule has 0 rings (SSSR count). The summed E-state index contributed by atoms with van der Waals surface area (Å²) in [6, 6.07) is 0. The molecular formula is C15H32. The van der Waals surface area contributed by atoms with Crippen LogP contribution in [0.2, 0.25) is 0 Å². The van der Waals surface area contributed by atoms with E-state index >= 15 is 0 Å². The lowest BCUT2D eigenvalue weighted by Gasteiger charge is -1.90. The van der Waals surface area contributed by atoms with Gasteiger partial charge in [-0.25, -0.2) is 0 Å². The van der Waals surface area contributed by atoms with Gasteiger partial charge in [0.15, 0.2) is 0 Å². The molecule has 0 nitrogen and oxygen atoms in total. The molecule has 0 heteroatoms. The van der Waals surface area contributed by atoms with E-state index in [0.717, 1.165) is 5.92 Å². The standard InChI is InChI=1S/C5H12.2C5H10/c3*1-4-5(2)3/h5H,4H2,1-3H3;2*4H,1-3H3. The molecule has 0 N–H and O–H groups in total. The van der Waals surface area contributed by atoms with Crippen molar-refractivity contribution in [1.29, 1.82) is 0 Å². The van der Waals surface area contributed by atoms with Crippen molar-refractivity contribution in [3.8, 4) is 0 Å². The summed E-state index contributed by atoms with van der Waals surface area (Å²) in [5, 5.41) is 0. The van der Waals surface area contributed by atoms with E-state index in [-0.39, 0.29) is 0 Å². The van der Waals surface area contributed by atoms with Gasteiger partial charge in [0.1, 0.15) is 0 Å². The molecular weight excluding hydrogens is 180 g/mol. The maximum atomic E-state index is 2.22. The smallest absolute Gasteiger partial charge is 0.0442 e. The van der Waals surface area contributed by atoms with Crippen LogP contribution >= 0.6 is 0 Å².